The van der Waals surface area contributed by atoms with Gasteiger partial charge in [-0.05, 0) is 19.5 Å². The summed E-state index contributed by atoms with van der Waals surface area (Å²) < 4.78 is 1.38. The zero-order valence-corrected chi connectivity index (χ0v) is 11.4. The summed E-state index contributed by atoms with van der Waals surface area (Å²) in [5, 5.41) is 0. The maximum Gasteiger partial charge on any atom is 0.251 e. The van der Waals surface area contributed by atoms with Gasteiger partial charge < -0.3 is 20.1 Å². The van der Waals surface area contributed by atoms with Crippen LogP contribution < -0.4 is 11.3 Å². The Hall–Kier alpha value is -1.82. The molecule has 1 saturated heterocycles. The van der Waals surface area contributed by atoms with Crippen molar-refractivity contribution < 1.29 is 4.79 Å². The highest BCUT2D eigenvalue weighted by atomic mass is 16.2. The molecule has 0 aliphatic carbocycles. The van der Waals surface area contributed by atoms with Gasteiger partial charge in [-0.3, -0.25) is 9.59 Å². The van der Waals surface area contributed by atoms with Crippen LogP contribution in [0.4, 0.5) is 5.69 Å². The third-order valence-electron chi connectivity index (χ3n) is 3.53. The lowest BCUT2D eigenvalue weighted by Gasteiger charge is -2.32. The molecule has 104 valence electrons. The molecule has 1 aromatic heterocycles. The van der Waals surface area contributed by atoms with Gasteiger partial charge in [0, 0.05) is 38.4 Å². The first-order chi connectivity index (χ1) is 8.97. The minimum atomic E-state index is -0.186. The molecule has 6 heteroatoms. The molecule has 6 nitrogen and oxygen atoms in total. The largest absolute Gasteiger partial charge is 0.397 e. The van der Waals surface area contributed by atoms with E-state index in [9.17, 15) is 9.59 Å². The molecular weight excluding hydrogens is 244 g/mol. The van der Waals surface area contributed by atoms with Crippen molar-refractivity contribution in [2.45, 2.75) is 13.5 Å². The monoisotopic (exact) mass is 264 g/mol. The van der Waals surface area contributed by atoms with Crippen LogP contribution in [-0.4, -0.2) is 53.5 Å². The van der Waals surface area contributed by atoms with Crippen LogP contribution in [0, 0.1) is 6.92 Å². The highest BCUT2D eigenvalue weighted by molar-refractivity contribution is 5.76. The van der Waals surface area contributed by atoms with Crippen molar-refractivity contribution in [3.63, 3.8) is 0 Å². The second kappa shape index (κ2) is 5.44. The lowest BCUT2D eigenvalue weighted by atomic mass is 10.2. The number of amides is 1. The quantitative estimate of drug-likeness (QED) is 0.782. The summed E-state index contributed by atoms with van der Waals surface area (Å²) in [5.41, 5.74) is 6.86. The number of nitrogens with zero attached hydrogens (tertiary/aromatic N) is 3. The molecule has 0 bridgehead atoms. The van der Waals surface area contributed by atoms with Crippen molar-refractivity contribution in [3.8, 4) is 0 Å². The molecule has 2 rings (SSSR count). The number of carbonyl (C=O) groups is 1. The zero-order chi connectivity index (χ0) is 14.0. The van der Waals surface area contributed by atoms with Crippen molar-refractivity contribution in [2.75, 3.05) is 39.0 Å². The van der Waals surface area contributed by atoms with Gasteiger partial charge >= 0.3 is 0 Å². The summed E-state index contributed by atoms with van der Waals surface area (Å²) in [7, 11) is 2.03. The summed E-state index contributed by atoms with van der Waals surface area (Å²) in [6, 6.07) is 1.46. The molecule has 1 aliphatic heterocycles. The van der Waals surface area contributed by atoms with Gasteiger partial charge in [-0.2, -0.15) is 0 Å². The number of hydrogen-bond acceptors (Lipinski definition) is 4. The van der Waals surface area contributed by atoms with Gasteiger partial charge in [0.2, 0.25) is 5.91 Å². The summed E-state index contributed by atoms with van der Waals surface area (Å²) in [5.74, 6) is -0.0292. The van der Waals surface area contributed by atoms with E-state index in [0.717, 1.165) is 18.7 Å². The molecule has 0 saturated carbocycles. The second-order valence-electron chi connectivity index (χ2n) is 5.06. The van der Waals surface area contributed by atoms with E-state index in [4.69, 9.17) is 5.73 Å². The minimum absolute atomic E-state index is 0.0292. The zero-order valence-electron chi connectivity index (χ0n) is 11.4. The minimum Gasteiger partial charge on any atom is -0.397 e. The summed E-state index contributed by atoms with van der Waals surface area (Å²) >= 11 is 0. The van der Waals surface area contributed by atoms with E-state index >= 15 is 0 Å². The fourth-order valence-electron chi connectivity index (χ4n) is 2.11. The highest BCUT2D eigenvalue weighted by Gasteiger charge is 2.19. The number of rotatable bonds is 2. The number of aromatic nitrogens is 1. The molecule has 0 unspecified atom stereocenters. The van der Waals surface area contributed by atoms with E-state index in [2.05, 4.69) is 4.90 Å². The number of nitrogens with two attached hydrogens (primary N) is 1. The topological polar surface area (TPSA) is 71.6 Å². The van der Waals surface area contributed by atoms with Gasteiger partial charge in [-0.1, -0.05) is 0 Å². The molecule has 1 amide bonds. The van der Waals surface area contributed by atoms with Crippen LogP contribution in [0.2, 0.25) is 0 Å². The van der Waals surface area contributed by atoms with E-state index in [1.807, 2.05) is 7.05 Å². The van der Waals surface area contributed by atoms with Gasteiger partial charge in [0.25, 0.3) is 5.56 Å². The van der Waals surface area contributed by atoms with Crippen molar-refractivity contribution in [3.05, 3.63) is 28.2 Å². The van der Waals surface area contributed by atoms with Crippen LogP contribution in [0.25, 0.3) is 0 Å². The number of pyridine rings is 1. The average Bonchev–Trinajstić information content (AvgIpc) is 2.36. The predicted octanol–water partition coefficient (Wildman–Crippen LogP) is -0.487. The highest BCUT2D eigenvalue weighted by Crippen LogP contribution is 2.06. The van der Waals surface area contributed by atoms with Crippen molar-refractivity contribution >= 4 is 11.6 Å². The van der Waals surface area contributed by atoms with Crippen LogP contribution in [0.3, 0.4) is 0 Å². The first-order valence-corrected chi connectivity index (χ1v) is 6.40. The second-order valence-corrected chi connectivity index (χ2v) is 5.06. The Labute approximate surface area is 112 Å². The molecule has 19 heavy (non-hydrogen) atoms. The molecule has 0 spiro atoms. The molecule has 0 radical (unpaired) electrons. The van der Waals surface area contributed by atoms with Crippen LogP contribution >= 0.6 is 0 Å². The summed E-state index contributed by atoms with van der Waals surface area (Å²) in [6.45, 7) is 5.01. The third kappa shape index (κ3) is 3.14. The van der Waals surface area contributed by atoms with Gasteiger partial charge in [-0.25, -0.2) is 0 Å². The number of hydrogen-bond donors (Lipinski definition) is 1. The first kappa shape index (κ1) is 13.6. The van der Waals surface area contributed by atoms with E-state index in [0.29, 0.717) is 18.8 Å². The van der Waals surface area contributed by atoms with Gasteiger partial charge in [0.1, 0.15) is 6.54 Å². The normalized spacial score (nSPS) is 16.6. The number of carbonyl (C=O) groups excluding carboxylic acids is 1. The predicted molar refractivity (Wildman–Crippen MR) is 73.9 cm³/mol. The maximum atomic E-state index is 12.1. The SMILES string of the molecule is Cc1cc(=O)n(CC(=O)N2CCN(C)CC2)cc1N. The van der Waals surface area contributed by atoms with Crippen LogP contribution in [0.15, 0.2) is 17.1 Å². The lowest BCUT2D eigenvalue weighted by molar-refractivity contribution is -0.133. The molecular formula is C13H20N4O2. The Morgan fingerprint density at radius 1 is 1.32 bits per heavy atom. The number of likely N-dealkylation sites (N-methyl/N-ethyl adjacent to an activating group) is 1. The molecule has 1 aliphatic rings. The van der Waals surface area contributed by atoms with Crippen LogP contribution in [0.5, 0.6) is 0 Å². The van der Waals surface area contributed by atoms with E-state index in [1.165, 1.54) is 10.6 Å². The van der Waals surface area contributed by atoms with E-state index in [-0.39, 0.29) is 18.0 Å². The number of aryl methyl sites for hydroxylation is 1. The van der Waals surface area contributed by atoms with Crippen molar-refractivity contribution in [1.29, 1.82) is 0 Å². The van der Waals surface area contributed by atoms with Crippen LogP contribution in [0.1, 0.15) is 5.56 Å². The molecule has 0 aromatic carbocycles. The molecule has 1 aromatic rings. The molecule has 1 fully saturated rings. The third-order valence-corrected chi connectivity index (χ3v) is 3.53. The fourth-order valence-corrected chi connectivity index (χ4v) is 2.11. The van der Waals surface area contributed by atoms with Gasteiger partial charge in [0.15, 0.2) is 0 Å². The first-order valence-electron chi connectivity index (χ1n) is 6.40. The number of piperazine rings is 1. The van der Waals surface area contributed by atoms with E-state index in [1.54, 1.807) is 18.0 Å². The smallest absolute Gasteiger partial charge is 0.251 e. The Balaban J connectivity index is 2.07. The summed E-state index contributed by atoms with van der Waals surface area (Å²) in [6.07, 6.45) is 1.55. The molecule has 2 heterocycles. The Bertz CT molecular complexity index is 530. The molecule has 0 atom stereocenters. The molecule has 2 N–H and O–H groups in total. The fraction of sp³-hybridized carbons (Fsp3) is 0.538. The lowest BCUT2D eigenvalue weighted by Crippen LogP contribution is -2.48. The van der Waals surface area contributed by atoms with Crippen molar-refractivity contribution in [1.82, 2.24) is 14.4 Å². The average molecular weight is 264 g/mol. The van der Waals surface area contributed by atoms with Crippen LogP contribution in [-0.2, 0) is 11.3 Å². The van der Waals surface area contributed by atoms with Gasteiger partial charge in [0.05, 0.1) is 5.69 Å². The van der Waals surface area contributed by atoms with Crippen molar-refractivity contribution in [2.24, 2.45) is 0 Å². The Kier molecular flexibility index (Phi) is 3.90. The Morgan fingerprint density at radius 3 is 2.58 bits per heavy atom. The van der Waals surface area contributed by atoms with E-state index < -0.39 is 0 Å². The Morgan fingerprint density at radius 2 is 1.95 bits per heavy atom. The number of anilines is 1. The number of nitrogen functional groups attached to an aromatic ring is 1. The maximum absolute atomic E-state index is 12.1. The van der Waals surface area contributed by atoms with Gasteiger partial charge in [-0.15, -0.1) is 0 Å². The standard InChI is InChI=1S/C13H20N4O2/c1-10-7-12(18)17(8-11(10)14)9-13(19)16-5-3-15(2)4-6-16/h7-8H,3-6,9,14H2,1-2H3. The summed E-state index contributed by atoms with van der Waals surface area (Å²) in [4.78, 5) is 27.9.